The van der Waals surface area contributed by atoms with Crippen LogP contribution in [0.2, 0.25) is 0 Å². The highest BCUT2D eigenvalue weighted by molar-refractivity contribution is 5.45. The second-order valence-corrected chi connectivity index (χ2v) is 7.33. The summed E-state index contributed by atoms with van der Waals surface area (Å²) in [5, 5.41) is 8.69. The lowest BCUT2D eigenvalue weighted by atomic mass is 9.49. The summed E-state index contributed by atoms with van der Waals surface area (Å²) in [6.07, 6.45) is 9.82. The zero-order valence-corrected chi connectivity index (χ0v) is 12.0. The Kier molecular flexibility index (Phi) is 2.35. The Balaban J connectivity index is 1.52. The van der Waals surface area contributed by atoms with E-state index < -0.39 is 0 Å². The van der Waals surface area contributed by atoms with Gasteiger partial charge in [0.25, 0.3) is 5.89 Å². The molecule has 2 aromatic heterocycles. The van der Waals surface area contributed by atoms with Crippen molar-refractivity contribution in [2.75, 3.05) is 0 Å². The van der Waals surface area contributed by atoms with Gasteiger partial charge in [0.1, 0.15) is 5.69 Å². The maximum atomic E-state index is 6.07. The third-order valence-electron chi connectivity index (χ3n) is 5.80. The zero-order chi connectivity index (χ0) is 13.9. The maximum absolute atomic E-state index is 6.07. The van der Waals surface area contributed by atoms with Gasteiger partial charge in [-0.3, -0.25) is 4.98 Å². The van der Waals surface area contributed by atoms with Crippen LogP contribution in [-0.4, -0.2) is 15.2 Å². The van der Waals surface area contributed by atoms with E-state index in [1.165, 1.54) is 38.5 Å². The molecule has 4 aliphatic rings. The van der Waals surface area contributed by atoms with Crippen LogP contribution >= 0.6 is 0 Å². The summed E-state index contributed by atoms with van der Waals surface area (Å²) in [6.45, 7) is 0. The highest BCUT2D eigenvalue weighted by atomic mass is 16.4. The smallest absolute Gasteiger partial charge is 0.266 e. The number of pyridine rings is 1. The lowest BCUT2D eigenvalue weighted by Crippen LogP contribution is -2.48. The molecular weight excluding hydrogens is 262 g/mol. The number of nitrogens with zero attached hydrogens (tertiary/aromatic N) is 3. The topological polar surface area (TPSA) is 51.8 Å². The minimum absolute atomic E-state index is 0.175. The molecule has 2 heterocycles. The Morgan fingerprint density at radius 2 is 1.67 bits per heavy atom. The Morgan fingerprint density at radius 1 is 0.952 bits per heavy atom. The first kappa shape index (κ1) is 11.9. The van der Waals surface area contributed by atoms with Crippen LogP contribution in [0, 0.1) is 17.8 Å². The van der Waals surface area contributed by atoms with Crippen LogP contribution in [0.5, 0.6) is 0 Å². The summed E-state index contributed by atoms with van der Waals surface area (Å²) in [6, 6.07) is 5.79. The van der Waals surface area contributed by atoms with Crippen molar-refractivity contribution in [1.82, 2.24) is 15.2 Å². The predicted molar refractivity (Wildman–Crippen MR) is 77.4 cm³/mol. The van der Waals surface area contributed by atoms with Crippen LogP contribution < -0.4 is 0 Å². The molecule has 6 rings (SSSR count). The summed E-state index contributed by atoms with van der Waals surface area (Å²) in [5.74, 6) is 4.12. The summed E-state index contributed by atoms with van der Waals surface area (Å²) >= 11 is 0. The van der Waals surface area contributed by atoms with Gasteiger partial charge < -0.3 is 4.42 Å². The largest absolute Gasteiger partial charge is 0.419 e. The summed E-state index contributed by atoms with van der Waals surface area (Å²) in [5.41, 5.74) is 0.954. The highest BCUT2D eigenvalue weighted by Crippen LogP contribution is 2.60. The molecule has 2 aromatic rings. The number of hydrogen-bond donors (Lipinski definition) is 0. The van der Waals surface area contributed by atoms with Crippen molar-refractivity contribution >= 4 is 0 Å². The minimum Gasteiger partial charge on any atom is -0.419 e. The van der Waals surface area contributed by atoms with Crippen molar-refractivity contribution in [3.05, 3.63) is 30.3 Å². The van der Waals surface area contributed by atoms with Crippen molar-refractivity contribution in [3.63, 3.8) is 0 Å². The fraction of sp³-hybridized carbons (Fsp3) is 0.588. The second-order valence-electron chi connectivity index (χ2n) is 7.33. The molecule has 0 radical (unpaired) electrons. The quantitative estimate of drug-likeness (QED) is 0.844. The van der Waals surface area contributed by atoms with Gasteiger partial charge in [0.15, 0.2) is 0 Å². The number of hydrogen-bond acceptors (Lipinski definition) is 4. The molecule has 4 saturated carbocycles. The van der Waals surface area contributed by atoms with Crippen LogP contribution in [0.25, 0.3) is 11.6 Å². The van der Waals surface area contributed by atoms with E-state index in [-0.39, 0.29) is 5.41 Å². The molecule has 0 aromatic carbocycles. The third-order valence-corrected chi connectivity index (χ3v) is 5.80. The number of aromatic nitrogens is 3. The van der Waals surface area contributed by atoms with Crippen LogP contribution in [-0.2, 0) is 5.41 Å². The van der Waals surface area contributed by atoms with Crippen LogP contribution in [0.1, 0.15) is 44.4 Å². The molecule has 4 nitrogen and oxygen atoms in total. The van der Waals surface area contributed by atoms with Gasteiger partial charge in [0, 0.05) is 11.6 Å². The summed E-state index contributed by atoms with van der Waals surface area (Å²) in [7, 11) is 0. The van der Waals surface area contributed by atoms with Gasteiger partial charge in [0.05, 0.1) is 0 Å². The molecule has 0 aliphatic heterocycles. The normalized spacial score (nSPS) is 37.0. The molecule has 0 N–H and O–H groups in total. The lowest BCUT2D eigenvalue weighted by Gasteiger charge is -2.55. The third kappa shape index (κ3) is 1.78. The molecule has 4 aliphatic carbocycles. The molecule has 4 bridgehead atoms. The first-order valence-corrected chi connectivity index (χ1v) is 8.06. The first-order chi connectivity index (χ1) is 10.3. The minimum atomic E-state index is 0.175. The van der Waals surface area contributed by atoms with E-state index in [2.05, 4.69) is 15.2 Å². The molecule has 4 heteroatoms. The fourth-order valence-electron chi connectivity index (χ4n) is 5.40. The fourth-order valence-corrected chi connectivity index (χ4v) is 5.40. The Morgan fingerprint density at radius 3 is 2.29 bits per heavy atom. The van der Waals surface area contributed by atoms with Gasteiger partial charge in [-0.2, -0.15) is 0 Å². The van der Waals surface area contributed by atoms with Crippen LogP contribution in [0.15, 0.2) is 28.8 Å². The first-order valence-electron chi connectivity index (χ1n) is 8.06. The van der Waals surface area contributed by atoms with Crippen molar-refractivity contribution in [1.29, 1.82) is 0 Å². The van der Waals surface area contributed by atoms with E-state index in [9.17, 15) is 0 Å². The van der Waals surface area contributed by atoms with E-state index in [0.717, 1.165) is 29.3 Å². The lowest BCUT2D eigenvalue weighted by molar-refractivity contribution is -0.0176. The standard InChI is InChI=1S/C17H19N3O/c1-2-4-18-14(3-1)15-19-20-16(21-15)17-8-11-5-12(9-17)7-13(6-11)10-17/h1-4,11-13H,5-10H2. The molecule has 0 unspecified atom stereocenters. The Bertz CT molecular complexity index is 628. The van der Waals surface area contributed by atoms with E-state index in [4.69, 9.17) is 4.42 Å². The summed E-state index contributed by atoms with van der Waals surface area (Å²) < 4.78 is 6.07. The summed E-state index contributed by atoms with van der Waals surface area (Å²) in [4.78, 5) is 4.31. The molecule has 0 amide bonds. The average molecular weight is 281 g/mol. The van der Waals surface area contributed by atoms with E-state index in [1.54, 1.807) is 6.20 Å². The highest BCUT2D eigenvalue weighted by Gasteiger charge is 2.54. The monoisotopic (exact) mass is 281 g/mol. The van der Waals surface area contributed by atoms with Gasteiger partial charge in [-0.25, -0.2) is 0 Å². The van der Waals surface area contributed by atoms with E-state index in [0.29, 0.717) is 5.89 Å². The van der Waals surface area contributed by atoms with Gasteiger partial charge in [0.2, 0.25) is 5.89 Å². The van der Waals surface area contributed by atoms with Gasteiger partial charge >= 0.3 is 0 Å². The Hall–Kier alpha value is -1.71. The Labute approximate surface area is 124 Å². The molecular formula is C17H19N3O. The SMILES string of the molecule is c1ccc(-c2nnc(C34CC5CC(CC(C5)C3)C4)o2)nc1. The predicted octanol–water partition coefficient (Wildman–Crippen LogP) is 3.60. The van der Waals surface area contributed by atoms with Crippen LogP contribution in [0.3, 0.4) is 0 Å². The van der Waals surface area contributed by atoms with Gasteiger partial charge in [-0.15, -0.1) is 10.2 Å². The molecule has 0 spiro atoms. The molecule has 108 valence electrons. The molecule has 21 heavy (non-hydrogen) atoms. The van der Waals surface area contributed by atoms with E-state index in [1.807, 2.05) is 18.2 Å². The molecule has 0 atom stereocenters. The maximum Gasteiger partial charge on any atom is 0.266 e. The van der Waals surface area contributed by atoms with Crippen molar-refractivity contribution < 1.29 is 4.42 Å². The van der Waals surface area contributed by atoms with Crippen molar-refractivity contribution in [2.45, 2.75) is 43.9 Å². The molecule has 0 saturated heterocycles. The average Bonchev–Trinajstić information content (AvgIpc) is 2.97. The van der Waals surface area contributed by atoms with Gasteiger partial charge in [-0.1, -0.05) is 6.07 Å². The number of rotatable bonds is 2. The zero-order valence-electron chi connectivity index (χ0n) is 12.0. The van der Waals surface area contributed by atoms with Crippen molar-refractivity contribution in [3.8, 4) is 11.6 Å². The van der Waals surface area contributed by atoms with E-state index >= 15 is 0 Å². The molecule has 4 fully saturated rings. The van der Waals surface area contributed by atoms with Crippen LogP contribution in [0.4, 0.5) is 0 Å². The van der Waals surface area contributed by atoms with Crippen molar-refractivity contribution in [2.24, 2.45) is 17.8 Å². The second kappa shape index (κ2) is 4.15. The van der Waals surface area contributed by atoms with Gasteiger partial charge in [-0.05, 0) is 68.4 Å².